The Morgan fingerprint density at radius 3 is 1.72 bits per heavy atom. The first-order chi connectivity index (χ1) is 14.3. The van der Waals surface area contributed by atoms with Crippen molar-refractivity contribution in [2.75, 3.05) is 85.7 Å². The highest BCUT2D eigenvalue weighted by molar-refractivity contribution is 5.22. The summed E-state index contributed by atoms with van der Waals surface area (Å²) in [5.41, 5.74) is 2.75. The number of likely N-dealkylation sites (N-methyl/N-ethyl adjacent to an activating group) is 1. The van der Waals surface area contributed by atoms with E-state index in [9.17, 15) is 0 Å². The first-order valence-electron chi connectivity index (χ1n) is 11.5. The van der Waals surface area contributed by atoms with Crippen LogP contribution in [0.1, 0.15) is 24.0 Å². The Bertz CT molecular complexity index is 539. The van der Waals surface area contributed by atoms with Gasteiger partial charge in [0, 0.05) is 52.4 Å². The summed E-state index contributed by atoms with van der Waals surface area (Å²) < 4.78 is 5.39. The molecule has 29 heavy (non-hydrogen) atoms. The van der Waals surface area contributed by atoms with Crippen molar-refractivity contribution in [2.45, 2.75) is 25.9 Å². The van der Waals surface area contributed by atoms with Gasteiger partial charge in [-0.05, 0) is 57.2 Å². The fraction of sp³-hybridized carbons (Fsp3) is 0.739. The third-order valence-electron chi connectivity index (χ3n) is 6.04. The highest BCUT2D eigenvalue weighted by atomic mass is 16.5. The average molecular weight is 404 g/mol. The fourth-order valence-corrected chi connectivity index (χ4v) is 3.99. The molecule has 0 radical (unpaired) electrons. The second kappa shape index (κ2) is 13.3. The number of ether oxygens (including phenoxy) is 1. The number of nitrogens with zero attached hydrogens (tertiary/aromatic N) is 3. The second-order valence-electron chi connectivity index (χ2n) is 8.48. The van der Waals surface area contributed by atoms with Gasteiger partial charge in [0.25, 0.3) is 0 Å². The predicted molar refractivity (Wildman–Crippen MR) is 120 cm³/mol. The number of piperazine rings is 1. The third-order valence-corrected chi connectivity index (χ3v) is 6.04. The summed E-state index contributed by atoms with van der Waals surface area (Å²) in [6.45, 7) is 15.3. The highest BCUT2D eigenvalue weighted by Crippen LogP contribution is 2.05. The van der Waals surface area contributed by atoms with Gasteiger partial charge in [-0.25, -0.2) is 0 Å². The Morgan fingerprint density at radius 2 is 1.21 bits per heavy atom. The minimum atomic E-state index is 0.894. The molecule has 2 saturated heterocycles. The number of nitrogens with one attached hydrogen (secondary N) is 2. The maximum Gasteiger partial charge on any atom is 0.0594 e. The standard InChI is InChI=1S/C23H41N5O/c1-26-12-14-27(15-13-26)10-2-8-24-20-22-4-6-23(7-5-22)21-25-9-3-11-28-16-18-29-19-17-28/h4-7,24-25H,2-3,8-21H2,1H3. The fourth-order valence-electron chi connectivity index (χ4n) is 3.99. The lowest BCUT2D eigenvalue weighted by Crippen LogP contribution is -2.45. The molecular weight excluding hydrogens is 362 g/mol. The van der Waals surface area contributed by atoms with Gasteiger partial charge in [-0.3, -0.25) is 4.90 Å². The lowest BCUT2D eigenvalue weighted by molar-refractivity contribution is 0.0374. The summed E-state index contributed by atoms with van der Waals surface area (Å²) in [5, 5.41) is 7.17. The molecule has 0 aromatic heterocycles. The molecule has 6 heteroatoms. The van der Waals surface area contributed by atoms with Crippen LogP contribution in [0.2, 0.25) is 0 Å². The molecule has 2 aliphatic rings. The number of benzene rings is 1. The summed E-state index contributed by atoms with van der Waals surface area (Å²) in [5.74, 6) is 0. The monoisotopic (exact) mass is 403 g/mol. The average Bonchev–Trinajstić information content (AvgIpc) is 2.76. The Morgan fingerprint density at radius 1 is 0.724 bits per heavy atom. The van der Waals surface area contributed by atoms with Crippen LogP contribution >= 0.6 is 0 Å². The van der Waals surface area contributed by atoms with Crippen molar-refractivity contribution in [3.63, 3.8) is 0 Å². The van der Waals surface area contributed by atoms with Crippen LogP contribution in [-0.2, 0) is 17.8 Å². The largest absolute Gasteiger partial charge is 0.379 e. The molecule has 0 aliphatic carbocycles. The SMILES string of the molecule is CN1CCN(CCCNCc2ccc(CNCCCN3CCOCC3)cc2)CC1. The van der Waals surface area contributed by atoms with Crippen molar-refractivity contribution >= 4 is 0 Å². The van der Waals surface area contributed by atoms with E-state index in [-0.39, 0.29) is 0 Å². The van der Waals surface area contributed by atoms with Crippen LogP contribution in [0, 0.1) is 0 Å². The van der Waals surface area contributed by atoms with Crippen molar-refractivity contribution in [1.82, 2.24) is 25.3 Å². The minimum Gasteiger partial charge on any atom is -0.379 e. The number of rotatable bonds is 12. The molecule has 2 N–H and O–H groups in total. The summed E-state index contributed by atoms with van der Waals surface area (Å²) in [4.78, 5) is 7.50. The highest BCUT2D eigenvalue weighted by Gasteiger charge is 2.12. The van der Waals surface area contributed by atoms with E-state index in [1.807, 2.05) is 0 Å². The van der Waals surface area contributed by atoms with E-state index < -0.39 is 0 Å². The Kier molecular flexibility index (Phi) is 10.4. The number of hydrogen-bond acceptors (Lipinski definition) is 6. The summed E-state index contributed by atoms with van der Waals surface area (Å²) in [7, 11) is 2.22. The van der Waals surface area contributed by atoms with Gasteiger partial charge in [-0.1, -0.05) is 24.3 Å². The zero-order chi connectivity index (χ0) is 20.2. The van der Waals surface area contributed by atoms with E-state index in [0.717, 1.165) is 52.5 Å². The van der Waals surface area contributed by atoms with E-state index in [1.54, 1.807) is 0 Å². The van der Waals surface area contributed by atoms with Gasteiger partial charge in [0.15, 0.2) is 0 Å². The zero-order valence-corrected chi connectivity index (χ0v) is 18.4. The van der Waals surface area contributed by atoms with Gasteiger partial charge in [-0.2, -0.15) is 0 Å². The normalized spacial score (nSPS) is 19.6. The van der Waals surface area contributed by atoms with E-state index >= 15 is 0 Å². The van der Waals surface area contributed by atoms with Crippen LogP contribution in [0.15, 0.2) is 24.3 Å². The third kappa shape index (κ3) is 9.11. The molecule has 0 amide bonds. The molecule has 164 valence electrons. The van der Waals surface area contributed by atoms with E-state index in [0.29, 0.717) is 0 Å². The lowest BCUT2D eigenvalue weighted by atomic mass is 10.1. The molecule has 0 saturated carbocycles. The van der Waals surface area contributed by atoms with Crippen LogP contribution in [0.4, 0.5) is 0 Å². The van der Waals surface area contributed by atoms with Gasteiger partial charge in [0.1, 0.15) is 0 Å². The number of hydrogen-bond donors (Lipinski definition) is 2. The smallest absolute Gasteiger partial charge is 0.0594 e. The molecule has 2 fully saturated rings. The molecule has 0 unspecified atom stereocenters. The van der Waals surface area contributed by atoms with Gasteiger partial charge in [0.05, 0.1) is 13.2 Å². The second-order valence-corrected chi connectivity index (χ2v) is 8.48. The molecule has 0 spiro atoms. The Balaban J connectivity index is 1.19. The predicted octanol–water partition coefficient (Wildman–Crippen LogP) is 1.23. The van der Waals surface area contributed by atoms with Crippen molar-refractivity contribution < 1.29 is 4.74 Å². The first kappa shape index (κ1) is 22.7. The van der Waals surface area contributed by atoms with Crippen LogP contribution in [0.3, 0.4) is 0 Å². The molecule has 1 aromatic rings. The molecule has 0 bridgehead atoms. The molecule has 0 atom stereocenters. The van der Waals surface area contributed by atoms with E-state index in [4.69, 9.17) is 4.74 Å². The Hall–Kier alpha value is -1.02. The van der Waals surface area contributed by atoms with Gasteiger partial charge in [-0.15, -0.1) is 0 Å². The van der Waals surface area contributed by atoms with Gasteiger partial charge >= 0.3 is 0 Å². The van der Waals surface area contributed by atoms with Crippen molar-refractivity contribution in [3.05, 3.63) is 35.4 Å². The van der Waals surface area contributed by atoms with Crippen LogP contribution in [-0.4, -0.2) is 100 Å². The minimum absolute atomic E-state index is 0.894. The van der Waals surface area contributed by atoms with Crippen molar-refractivity contribution in [1.29, 1.82) is 0 Å². The zero-order valence-electron chi connectivity index (χ0n) is 18.4. The van der Waals surface area contributed by atoms with Crippen LogP contribution in [0.5, 0.6) is 0 Å². The molecule has 6 nitrogen and oxygen atoms in total. The maximum atomic E-state index is 5.39. The van der Waals surface area contributed by atoms with Crippen LogP contribution < -0.4 is 10.6 Å². The van der Waals surface area contributed by atoms with E-state index in [1.165, 1.54) is 63.2 Å². The Labute approximate surface area is 177 Å². The molecule has 2 aliphatic heterocycles. The first-order valence-corrected chi connectivity index (χ1v) is 11.5. The van der Waals surface area contributed by atoms with Crippen LogP contribution in [0.25, 0.3) is 0 Å². The summed E-state index contributed by atoms with van der Waals surface area (Å²) in [6, 6.07) is 9.04. The summed E-state index contributed by atoms with van der Waals surface area (Å²) in [6.07, 6.45) is 2.44. The number of morpholine rings is 1. The summed E-state index contributed by atoms with van der Waals surface area (Å²) >= 11 is 0. The lowest BCUT2D eigenvalue weighted by Gasteiger charge is -2.32. The molecule has 2 heterocycles. The molecule has 3 rings (SSSR count). The van der Waals surface area contributed by atoms with E-state index in [2.05, 4.69) is 56.6 Å². The maximum absolute atomic E-state index is 5.39. The molecular formula is C23H41N5O. The quantitative estimate of drug-likeness (QED) is 0.512. The van der Waals surface area contributed by atoms with Crippen molar-refractivity contribution in [2.24, 2.45) is 0 Å². The van der Waals surface area contributed by atoms with Crippen molar-refractivity contribution in [3.8, 4) is 0 Å². The molecule has 1 aromatic carbocycles. The van der Waals surface area contributed by atoms with Gasteiger partial charge < -0.3 is 25.2 Å². The topological polar surface area (TPSA) is 43.0 Å². The van der Waals surface area contributed by atoms with Gasteiger partial charge in [0.2, 0.25) is 0 Å².